The Labute approximate surface area is 295 Å². The normalized spacial score (nSPS) is 34.8. The lowest BCUT2D eigenvalue weighted by Crippen LogP contribution is -2.56. The molecule has 8 atom stereocenters. The predicted molar refractivity (Wildman–Crippen MR) is 198 cm³/mol. The summed E-state index contributed by atoms with van der Waals surface area (Å²) >= 11 is 3.13. The molecule has 0 aromatic carbocycles. The minimum Gasteiger partial charge on any atom is -0.399 e. The van der Waals surface area contributed by atoms with Crippen molar-refractivity contribution in [3.63, 3.8) is 0 Å². The molecule has 0 amide bonds. The molecule has 0 spiro atoms. The molecule has 264 valence electrons. The van der Waals surface area contributed by atoms with Gasteiger partial charge in [-0.1, -0.05) is 80.9 Å². The molecule has 9 saturated carbocycles. The maximum atomic E-state index is 11.9. The highest BCUT2D eigenvalue weighted by Crippen LogP contribution is 2.61. The lowest BCUT2D eigenvalue weighted by atomic mass is 9.46. The highest BCUT2D eigenvalue weighted by Gasteiger charge is 2.58. The first kappa shape index (κ1) is 42.7. The van der Waals surface area contributed by atoms with Crippen molar-refractivity contribution in [1.82, 2.24) is 0 Å². The van der Waals surface area contributed by atoms with Crippen LogP contribution in [-0.4, -0.2) is 36.8 Å². The zero-order chi connectivity index (χ0) is 34.2. The van der Waals surface area contributed by atoms with Gasteiger partial charge in [-0.05, 0) is 85.4 Å². The number of hydrogen-bond donors (Lipinski definition) is 1. The van der Waals surface area contributed by atoms with Gasteiger partial charge in [0.15, 0.2) is 0 Å². The summed E-state index contributed by atoms with van der Waals surface area (Å²) in [5.41, 5.74) is 2.38. The van der Waals surface area contributed by atoms with Crippen molar-refractivity contribution in [2.45, 2.75) is 99.3 Å². The summed E-state index contributed by atoms with van der Waals surface area (Å²) in [6.07, 6.45) is 15.7. The standard InChI is InChI=1S/C13H21NO.C12H18O.C9H14O.C3H5Br.CH5NO.ClH/c1-5-6-9-7-10-8-11(13(10,2)3)12(9)14-15-4;1-4-5-8-6-9-7-10(11(8)13)12(9,2)3;1-9(2)6-3-4-8(10)7(9)5-6;1-2-3-4;1-3-2;/h5,9-11H,1,6-8H2,2-4H3;4,8-10H,1,5-7H2,2-3H3;6-7H,3-5H2,1-2H3;2H,1,3H2;2H2,1H3;1H/t9?,10-,11-;8?,9-,10-;6-,7-;;;/m000.../s1. The Kier molecular flexibility index (Phi) is 17.2. The highest BCUT2D eigenvalue weighted by atomic mass is 79.9. The number of nitrogens with zero attached hydrogens (tertiary/aromatic N) is 1. The van der Waals surface area contributed by atoms with E-state index in [0.29, 0.717) is 57.4 Å². The van der Waals surface area contributed by atoms with Crippen LogP contribution in [0.4, 0.5) is 0 Å². The third-order valence-corrected chi connectivity index (χ3v) is 12.9. The van der Waals surface area contributed by atoms with Crippen molar-refractivity contribution in [3.8, 4) is 0 Å². The zero-order valence-electron chi connectivity index (χ0n) is 30.0. The molecule has 9 rings (SSSR count). The number of allylic oxidation sites excluding steroid dienone is 3. The Balaban J connectivity index is 0.000000314. The summed E-state index contributed by atoms with van der Waals surface area (Å²) in [5, 5.41) is 5.16. The van der Waals surface area contributed by atoms with Gasteiger partial charge >= 0.3 is 0 Å². The van der Waals surface area contributed by atoms with E-state index in [1.165, 1.54) is 32.1 Å². The van der Waals surface area contributed by atoms with Gasteiger partial charge in [-0.15, -0.1) is 32.1 Å². The number of fused-ring (bicyclic) bond motifs is 6. The van der Waals surface area contributed by atoms with Crippen LogP contribution in [0.2, 0.25) is 0 Å². The van der Waals surface area contributed by atoms with Crippen molar-refractivity contribution in [2.75, 3.05) is 19.5 Å². The molecule has 2 N–H and O–H groups in total. The van der Waals surface area contributed by atoms with E-state index in [1.54, 1.807) is 13.2 Å². The fourth-order valence-corrected chi connectivity index (χ4v) is 8.93. The molecule has 9 aliphatic carbocycles. The van der Waals surface area contributed by atoms with E-state index < -0.39 is 0 Å². The number of carbonyl (C=O) groups is 2. The quantitative estimate of drug-likeness (QED) is 0.167. The van der Waals surface area contributed by atoms with Crippen LogP contribution in [0.5, 0.6) is 0 Å². The van der Waals surface area contributed by atoms with Crippen LogP contribution >= 0.6 is 28.3 Å². The minimum absolute atomic E-state index is 0. The SMILES string of the molecule is C=CCBr.C=CCC1C[C@H]2C[C@@H](C1=NOC)C2(C)C.C=CCC1C[C@H]2C[C@@H](C1=O)C2(C)C.CC1(C)[C@H]2CCC(=O)[C@@H]1C2.CON.Cl. The van der Waals surface area contributed by atoms with E-state index in [9.17, 15) is 9.59 Å². The fraction of sp³-hybridized carbons (Fsp3) is 0.763. The summed E-state index contributed by atoms with van der Waals surface area (Å²) in [4.78, 5) is 31.9. The molecule has 9 fully saturated rings. The fourth-order valence-electron chi connectivity index (χ4n) is 8.93. The molecule has 6 bridgehead atoms. The number of halogens is 2. The molecule has 0 aliphatic heterocycles. The van der Waals surface area contributed by atoms with Gasteiger partial charge in [0.2, 0.25) is 0 Å². The Morgan fingerprint density at radius 3 is 1.57 bits per heavy atom. The number of Topliss-reactive ketones (excluding diaryl/α,β-unsaturated/α-hetero) is 2. The maximum Gasteiger partial charge on any atom is 0.139 e. The molecular weight excluding hydrogens is 664 g/mol. The maximum absolute atomic E-state index is 11.9. The molecule has 8 heteroatoms. The van der Waals surface area contributed by atoms with Crippen LogP contribution in [0.25, 0.3) is 0 Å². The van der Waals surface area contributed by atoms with E-state index in [4.69, 9.17) is 4.84 Å². The van der Waals surface area contributed by atoms with Gasteiger partial charge in [-0.3, -0.25) is 9.59 Å². The van der Waals surface area contributed by atoms with Crippen LogP contribution in [-0.2, 0) is 19.3 Å². The van der Waals surface area contributed by atoms with Gasteiger partial charge < -0.3 is 9.68 Å². The number of rotatable bonds is 6. The van der Waals surface area contributed by atoms with Crippen molar-refractivity contribution in [1.29, 1.82) is 0 Å². The van der Waals surface area contributed by atoms with Gasteiger partial charge in [0.25, 0.3) is 0 Å². The van der Waals surface area contributed by atoms with E-state index in [2.05, 4.69) is 93.1 Å². The Hall–Kier alpha value is -1.28. The second-order valence-corrected chi connectivity index (χ2v) is 16.3. The smallest absolute Gasteiger partial charge is 0.139 e. The van der Waals surface area contributed by atoms with Gasteiger partial charge in [0.05, 0.1) is 12.8 Å². The van der Waals surface area contributed by atoms with Gasteiger partial charge in [0.1, 0.15) is 18.7 Å². The van der Waals surface area contributed by atoms with Crippen molar-refractivity contribution in [2.24, 2.45) is 74.6 Å². The summed E-state index contributed by atoms with van der Waals surface area (Å²) in [6.45, 7) is 24.7. The Morgan fingerprint density at radius 1 is 0.783 bits per heavy atom. The molecule has 0 heterocycles. The molecule has 0 aromatic heterocycles. The van der Waals surface area contributed by atoms with Crippen molar-refractivity contribution >= 4 is 45.6 Å². The monoisotopic (exact) mass is 726 g/mol. The highest BCUT2D eigenvalue weighted by molar-refractivity contribution is 9.09. The lowest BCUT2D eigenvalue weighted by molar-refractivity contribution is -0.156. The average molecular weight is 728 g/mol. The van der Waals surface area contributed by atoms with Crippen LogP contribution in [0, 0.1) is 63.6 Å². The third-order valence-electron chi connectivity index (χ3n) is 12.4. The predicted octanol–water partition coefficient (Wildman–Crippen LogP) is 9.57. The number of oxime groups is 1. The first-order valence-corrected chi connectivity index (χ1v) is 18.0. The van der Waals surface area contributed by atoms with E-state index in [1.807, 2.05) is 12.2 Å². The van der Waals surface area contributed by atoms with Crippen molar-refractivity contribution < 1.29 is 19.3 Å². The van der Waals surface area contributed by atoms with E-state index in [-0.39, 0.29) is 12.4 Å². The number of alkyl halides is 1. The van der Waals surface area contributed by atoms with Gasteiger partial charge in [-0.2, -0.15) is 0 Å². The number of nitrogens with two attached hydrogens (primary N) is 1. The Bertz CT molecular complexity index is 1070. The molecule has 9 aliphatic rings. The van der Waals surface area contributed by atoms with Crippen LogP contribution in [0.3, 0.4) is 0 Å². The summed E-state index contributed by atoms with van der Waals surface area (Å²) < 4.78 is 0. The Morgan fingerprint density at radius 2 is 1.22 bits per heavy atom. The van der Waals surface area contributed by atoms with Crippen molar-refractivity contribution in [3.05, 3.63) is 38.0 Å². The molecule has 2 unspecified atom stereocenters. The molecule has 0 aromatic rings. The zero-order valence-corrected chi connectivity index (χ0v) is 32.4. The molecule has 0 radical (unpaired) electrons. The third kappa shape index (κ3) is 9.24. The second kappa shape index (κ2) is 18.5. The summed E-state index contributed by atoms with van der Waals surface area (Å²) in [5.74, 6) is 10.2. The second-order valence-electron chi connectivity index (χ2n) is 15.6. The van der Waals surface area contributed by atoms with Gasteiger partial charge in [0, 0.05) is 41.3 Å². The lowest BCUT2D eigenvalue weighted by Gasteiger charge is -2.58. The number of ketones is 2. The average Bonchev–Trinajstić information content (AvgIpc) is 2.99. The molecule has 46 heavy (non-hydrogen) atoms. The molecule has 0 saturated heterocycles. The van der Waals surface area contributed by atoms with E-state index in [0.717, 1.165) is 61.6 Å². The number of hydrogen-bond acceptors (Lipinski definition) is 6. The topological polar surface area (TPSA) is 91.0 Å². The largest absolute Gasteiger partial charge is 0.399 e. The van der Waals surface area contributed by atoms with E-state index >= 15 is 0 Å². The minimum atomic E-state index is 0. The molecule has 6 nitrogen and oxygen atoms in total. The summed E-state index contributed by atoms with van der Waals surface area (Å²) in [6, 6.07) is 0. The first-order chi connectivity index (χ1) is 21.1. The summed E-state index contributed by atoms with van der Waals surface area (Å²) in [7, 11) is 3.05. The first-order valence-electron chi connectivity index (χ1n) is 16.9. The van der Waals surface area contributed by atoms with Gasteiger partial charge in [-0.25, -0.2) is 5.90 Å². The number of carbonyl (C=O) groups excluding carboxylic acids is 2. The molecular formula is C38H64BrClN2O4. The van der Waals surface area contributed by atoms with Crippen LogP contribution in [0.1, 0.15) is 99.3 Å². The van der Waals surface area contributed by atoms with Crippen LogP contribution in [0.15, 0.2) is 43.1 Å². The van der Waals surface area contributed by atoms with Crippen LogP contribution < -0.4 is 5.90 Å².